The first kappa shape index (κ1) is 20.6. The average Bonchev–Trinajstić information content (AvgIpc) is 3.36. The number of nitrogens with one attached hydrogen (secondary N) is 2. The van der Waals surface area contributed by atoms with Crippen molar-refractivity contribution in [1.82, 2.24) is 15.2 Å². The molecule has 3 heterocycles. The largest absolute Gasteiger partial charge is 0.454 e. The summed E-state index contributed by atoms with van der Waals surface area (Å²) >= 11 is 1.49. The van der Waals surface area contributed by atoms with Gasteiger partial charge in [-0.3, -0.25) is 14.5 Å². The van der Waals surface area contributed by atoms with Crippen LogP contribution in [0.1, 0.15) is 43.2 Å². The molecule has 1 aromatic carbocycles. The number of ether oxygens (including phenoxy) is 2. The molecule has 0 saturated carbocycles. The highest BCUT2D eigenvalue weighted by Gasteiger charge is 2.27. The predicted octanol–water partition coefficient (Wildman–Crippen LogP) is 2.92. The summed E-state index contributed by atoms with van der Waals surface area (Å²) in [6, 6.07) is 5.69. The maximum absolute atomic E-state index is 12.8. The van der Waals surface area contributed by atoms with Crippen molar-refractivity contribution in [3.05, 3.63) is 34.8 Å². The van der Waals surface area contributed by atoms with Crippen molar-refractivity contribution in [3.8, 4) is 11.5 Å². The molecule has 2 aromatic rings. The Hall–Kier alpha value is -2.65. The smallest absolute Gasteiger partial charge is 0.231 e. The molecule has 8 nitrogen and oxygen atoms in total. The highest BCUT2D eigenvalue weighted by atomic mass is 32.1. The van der Waals surface area contributed by atoms with E-state index in [1.54, 1.807) is 0 Å². The molecule has 0 spiro atoms. The summed E-state index contributed by atoms with van der Waals surface area (Å²) < 4.78 is 10.8. The minimum Gasteiger partial charge on any atom is -0.454 e. The summed E-state index contributed by atoms with van der Waals surface area (Å²) in [5, 5.41) is 6.48. The maximum atomic E-state index is 12.8. The average molecular weight is 431 g/mol. The molecule has 2 N–H and O–H groups in total. The lowest BCUT2D eigenvalue weighted by Gasteiger charge is -2.31. The number of aromatic nitrogens is 1. The summed E-state index contributed by atoms with van der Waals surface area (Å²) in [5.41, 5.74) is 1.00. The number of anilines is 1. The summed E-state index contributed by atoms with van der Waals surface area (Å²) in [6.45, 7) is 6.23. The summed E-state index contributed by atoms with van der Waals surface area (Å²) in [4.78, 5) is 31.5. The number of hydrogen-bond donors (Lipinski definition) is 2. The molecule has 1 aromatic heterocycles. The number of thiazole rings is 1. The highest BCUT2D eigenvalue weighted by Crippen LogP contribution is 2.34. The van der Waals surface area contributed by atoms with Gasteiger partial charge in [-0.25, -0.2) is 4.98 Å². The number of benzene rings is 1. The summed E-state index contributed by atoms with van der Waals surface area (Å²) in [7, 11) is 0. The molecule has 1 unspecified atom stereocenters. The Labute approximate surface area is 179 Å². The van der Waals surface area contributed by atoms with E-state index in [9.17, 15) is 9.59 Å². The third-order valence-corrected chi connectivity index (χ3v) is 6.33. The second-order valence-electron chi connectivity index (χ2n) is 7.71. The van der Waals surface area contributed by atoms with E-state index in [0.717, 1.165) is 54.4 Å². The lowest BCUT2D eigenvalue weighted by Crippen LogP contribution is -2.40. The summed E-state index contributed by atoms with van der Waals surface area (Å²) in [6.07, 6.45) is 3.47. The zero-order chi connectivity index (χ0) is 21.1. The second kappa shape index (κ2) is 9.01. The number of carbonyl (C=O) groups is 2. The Morgan fingerprint density at radius 2 is 2.03 bits per heavy atom. The fraction of sp³-hybridized carbons (Fsp3) is 0.476. The van der Waals surface area contributed by atoms with Gasteiger partial charge in [-0.15, -0.1) is 11.3 Å². The van der Waals surface area contributed by atoms with Crippen LogP contribution in [0.4, 0.5) is 5.13 Å². The molecule has 2 amide bonds. The first-order valence-corrected chi connectivity index (χ1v) is 10.9. The van der Waals surface area contributed by atoms with Crippen LogP contribution in [0, 0.1) is 5.92 Å². The second-order valence-corrected chi connectivity index (χ2v) is 8.82. The Kier molecular flexibility index (Phi) is 6.19. The van der Waals surface area contributed by atoms with E-state index in [1.165, 1.54) is 18.3 Å². The number of piperidine rings is 1. The Morgan fingerprint density at radius 1 is 1.27 bits per heavy atom. The van der Waals surface area contributed by atoms with Crippen LogP contribution in [0.5, 0.6) is 11.5 Å². The number of likely N-dealkylation sites (tertiary alicyclic amines) is 1. The first-order valence-electron chi connectivity index (χ1n) is 10.1. The fourth-order valence-corrected chi connectivity index (χ4v) is 4.66. The molecule has 1 fully saturated rings. The van der Waals surface area contributed by atoms with Crippen LogP contribution in [0.2, 0.25) is 0 Å². The number of rotatable bonds is 6. The molecule has 0 radical (unpaired) electrons. The van der Waals surface area contributed by atoms with Crippen molar-refractivity contribution in [2.24, 2.45) is 5.92 Å². The summed E-state index contributed by atoms with van der Waals surface area (Å²) in [5.74, 6) is 1.48. The molecule has 2 aliphatic rings. The number of amides is 2. The van der Waals surface area contributed by atoms with E-state index >= 15 is 0 Å². The Bertz CT molecular complexity index is 923. The van der Waals surface area contributed by atoms with Crippen molar-refractivity contribution >= 4 is 28.3 Å². The van der Waals surface area contributed by atoms with Crippen LogP contribution < -0.4 is 20.1 Å². The van der Waals surface area contributed by atoms with Crippen LogP contribution >= 0.6 is 11.3 Å². The van der Waals surface area contributed by atoms with E-state index in [4.69, 9.17) is 9.47 Å². The van der Waals surface area contributed by atoms with Crippen molar-refractivity contribution in [1.29, 1.82) is 0 Å². The predicted molar refractivity (Wildman–Crippen MR) is 114 cm³/mol. The molecule has 30 heavy (non-hydrogen) atoms. The topological polar surface area (TPSA) is 92.8 Å². The normalized spacial score (nSPS) is 17.5. The van der Waals surface area contributed by atoms with Gasteiger partial charge in [-0.1, -0.05) is 6.07 Å². The van der Waals surface area contributed by atoms with Gasteiger partial charge >= 0.3 is 0 Å². The van der Waals surface area contributed by atoms with Crippen molar-refractivity contribution < 1.29 is 19.1 Å². The van der Waals surface area contributed by atoms with Gasteiger partial charge in [0.05, 0.1) is 6.04 Å². The van der Waals surface area contributed by atoms with Crippen LogP contribution in [-0.2, 0) is 16.1 Å². The molecule has 0 bridgehead atoms. The van der Waals surface area contributed by atoms with Gasteiger partial charge < -0.3 is 20.1 Å². The molecule has 1 saturated heterocycles. The molecule has 1 atom stereocenters. The van der Waals surface area contributed by atoms with Gasteiger partial charge in [0.25, 0.3) is 0 Å². The molecule has 0 aliphatic carbocycles. The Morgan fingerprint density at radius 3 is 2.80 bits per heavy atom. The van der Waals surface area contributed by atoms with Gasteiger partial charge in [0.15, 0.2) is 16.6 Å². The third kappa shape index (κ3) is 4.91. The minimum absolute atomic E-state index is 0.0223. The SMILES string of the molecule is CC(=O)Nc1ncc(CN2CCC(C(=O)NC(C)c3ccc4c(c3)OCO4)CC2)s1. The Balaban J connectivity index is 1.25. The number of nitrogens with zero attached hydrogens (tertiary/aromatic N) is 2. The number of carbonyl (C=O) groups excluding carboxylic acids is 2. The number of fused-ring (bicyclic) bond motifs is 1. The first-order chi connectivity index (χ1) is 14.5. The standard InChI is InChI=1S/C21H26N4O4S/c1-13(16-3-4-18-19(9-16)29-12-28-18)23-20(27)15-5-7-25(8-6-15)11-17-10-22-21(30-17)24-14(2)26/h3-4,9-10,13,15H,5-8,11-12H2,1-2H3,(H,23,27)(H,22,24,26). The third-order valence-electron chi connectivity index (χ3n) is 5.43. The van der Waals surface area contributed by atoms with Crippen LogP contribution in [0.25, 0.3) is 0 Å². The molecular weight excluding hydrogens is 404 g/mol. The molecule has 2 aliphatic heterocycles. The zero-order valence-electron chi connectivity index (χ0n) is 17.1. The van der Waals surface area contributed by atoms with Gasteiger partial charge in [-0.2, -0.15) is 0 Å². The van der Waals surface area contributed by atoms with Crippen molar-refractivity contribution in [2.75, 3.05) is 25.2 Å². The van der Waals surface area contributed by atoms with E-state index < -0.39 is 0 Å². The zero-order valence-corrected chi connectivity index (χ0v) is 18.0. The minimum atomic E-state index is -0.113. The van der Waals surface area contributed by atoms with Crippen LogP contribution in [-0.4, -0.2) is 41.6 Å². The molecule has 4 rings (SSSR count). The molecular formula is C21H26N4O4S. The van der Waals surface area contributed by atoms with Gasteiger partial charge in [0.1, 0.15) is 0 Å². The van der Waals surface area contributed by atoms with E-state index in [0.29, 0.717) is 5.13 Å². The van der Waals surface area contributed by atoms with Gasteiger partial charge in [0.2, 0.25) is 18.6 Å². The lowest BCUT2D eigenvalue weighted by molar-refractivity contribution is -0.127. The maximum Gasteiger partial charge on any atom is 0.231 e. The highest BCUT2D eigenvalue weighted by molar-refractivity contribution is 7.15. The van der Waals surface area contributed by atoms with Crippen LogP contribution in [0.3, 0.4) is 0 Å². The van der Waals surface area contributed by atoms with E-state index in [1.807, 2.05) is 31.3 Å². The van der Waals surface area contributed by atoms with Crippen LogP contribution in [0.15, 0.2) is 24.4 Å². The number of hydrogen-bond acceptors (Lipinski definition) is 7. The monoisotopic (exact) mass is 430 g/mol. The van der Waals surface area contributed by atoms with E-state index in [-0.39, 0.29) is 30.6 Å². The fourth-order valence-electron chi connectivity index (χ4n) is 3.76. The molecule has 160 valence electrons. The van der Waals surface area contributed by atoms with Gasteiger partial charge in [-0.05, 0) is 50.6 Å². The van der Waals surface area contributed by atoms with Crippen molar-refractivity contribution in [2.45, 2.75) is 39.3 Å². The van der Waals surface area contributed by atoms with Gasteiger partial charge in [0, 0.05) is 30.5 Å². The lowest BCUT2D eigenvalue weighted by atomic mass is 9.95. The quantitative estimate of drug-likeness (QED) is 0.732. The van der Waals surface area contributed by atoms with E-state index in [2.05, 4.69) is 20.5 Å². The van der Waals surface area contributed by atoms with Crippen molar-refractivity contribution in [3.63, 3.8) is 0 Å². The molecule has 9 heteroatoms.